The monoisotopic (exact) mass is 465 g/mol. The summed E-state index contributed by atoms with van der Waals surface area (Å²) in [5.74, 6) is 3.13. The summed E-state index contributed by atoms with van der Waals surface area (Å²) in [4.78, 5) is 15.2. The van der Waals surface area contributed by atoms with Gasteiger partial charge in [-0.3, -0.25) is 4.90 Å². The van der Waals surface area contributed by atoms with Crippen molar-refractivity contribution in [1.82, 2.24) is 4.90 Å². The first-order valence-corrected chi connectivity index (χ1v) is 12.6. The number of hydrogen-bond acceptors (Lipinski definition) is 5. The highest BCUT2D eigenvalue weighted by atomic mass is 16.6. The summed E-state index contributed by atoms with van der Waals surface area (Å²) in [7, 11) is 0. The van der Waals surface area contributed by atoms with Gasteiger partial charge >= 0.3 is 5.97 Å². The first-order chi connectivity index (χ1) is 16.2. The van der Waals surface area contributed by atoms with Crippen LogP contribution in [-0.4, -0.2) is 49.8 Å². The molecule has 3 atom stereocenters. The molecule has 0 radical (unpaired) electrons. The molecule has 1 aliphatic heterocycles. The van der Waals surface area contributed by atoms with Crippen LogP contribution in [-0.2, 0) is 21.4 Å². The largest absolute Gasteiger partial charge is 0.492 e. The summed E-state index contributed by atoms with van der Waals surface area (Å²) in [6, 6.07) is 14.1. The Balaban J connectivity index is 1.36. The van der Waals surface area contributed by atoms with Crippen molar-refractivity contribution in [2.24, 2.45) is 11.8 Å². The molecule has 2 aromatic rings. The van der Waals surface area contributed by atoms with Crippen LogP contribution in [0.4, 0.5) is 0 Å². The fourth-order valence-corrected chi connectivity index (χ4v) is 4.78. The second-order valence-corrected chi connectivity index (χ2v) is 10.8. The van der Waals surface area contributed by atoms with E-state index in [0.29, 0.717) is 25.4 Å². The second-order valence-electron chi connectivity index (χ2n) is 10.8. The Morgan fingerprint density at radius 2 is 1.79 bits per heavy atom. The fourth-order valence-electron chi connectivity index (χ4n) is 4.78. The Kier molecular flexibility index (Phi) is 7.51. The zero-order chi connectivity index (χ0) is 24.3. The maximum Gasteiger partial charge on any atom is 0.347 e. The normalized spacial score (nSPS) is 20.5. The number of likely N-dealkylation sites (tertiary alicyclic amines) is 1. The SMILES string of the molecule is CCOC(=O)[C@H](Cc1ccc(OCCN2CC3CC3C2)c(C)c1)Oc1ccc(C(C)(C)C)cc1. The van der Waals surface area contributed by atoms with Gasteiger partial charge in [-0.1, -0.05) is 45.0 Å². The van der Waals surface area contributed by atoms with E-state index in [9.17, 15) is 4.79 Å². The molecule has 2 unspecified atom stereocenters. The van der Waals surface area contributed by atoms with E-state index in [0.717, 1.165) is 35.3 Å². The van der Waals surface area contributed by atoms with Gasteiger partial charge in [0, 0.05) is 26.1 Å². The molecule has 1 aliphatic carbocycles. The van der Waals surface area contributed by atoms with E-state index >= 15 is 0 Å². The molecule has 5 nitrogen and oxygen atoms in total. The van der Waals surface area contributed by atoms with Gasteiger partial charge in [-0.2, -0.15) is 0 Å². The molecule has 2 aliphatic rings. The van der Waals surface area contributed by atoms with E-state index in [4.69, 9.17) is 14.2 Å². The Morgan fingerprint density at radius 1 is 1.09 bits per heavy atom. The van der Waals surface area contributed by atoms with Crippen molar-refractivity contribution >= 4 is 5.97 Å². The van der Waals surface area contributed by atoms with Crippen molar-refractivity contribution in [1.29, 1.82) is 0 Å². The lowest BCUT2D eigenvalue weighted by Gasteiger charge is -2.21. The number of aryl methyl sites for hydroxylation is 1. The topological polar surface area (TPSA) is 48.0 Å². The Labute approximate surface area is 204 Å². The highest BCUT2D eigenvalue weighted by molar-refractivity contribution is 5.75. The maximum atomic E-state index is 12.6. The lowest BCUT2D eigenvalue weighted by molar-refractivity contribution is -0.151. The number of piperidine rings is 1. The number of nitrogens with zero attached hydrogens (tertiary/aromatic N) is 1. The van der Waals surface area contributed by atoms with Crippen LogP contribution in [0, 0.1) is 18.8 Å². The van der Waals surface area contributed by atoms with Crippen molar-refractivity contribution < 1.29 is 19.0 Å². The van der Waals surface area contributed by atoms with Gasteiger partial charge in [-0.15, -0.1) is 0 Å². The average molecular weight is 466 g/mol. The number of rotatable bonds is 10. The van der Waals surface area contributed by atoms with Crippen LogP contribution in [0.15, 0.2) is 42.5 Å². The molecule has 184 valence electrons. The van der Waals surface area contributed by atoms with Crippen LogP contribution in [0.5, 0.6) is 11.5 Å². The van der Waals surface area contributed by atoms with Gasteiger partial charge < -0.3 is 14.2 Å². The molecule has 0 amide bonds. The Bertz CT molecular complexity index is 969. The minimum absolute atomic E-state index is 0.0647. The number of carbonyl (C=O) groups is 1. The van der Waals surface area contributed by atoms with Crippen molar-refractivity contribution in [3.05, 3.63) is 59.2 Å². The predicted octanol–water partition coefficient (Wildman–Crippen LogP) is 5.18. The van der Waals surface area contributed by atoms with Crippen LogP contribution in [0.3, 0.4) is 0 Å². The molecular formula is C29H39NO4. The Hall–Kier alpha value is -2.53. The first kappa shape index (κ1) is 24.6. The molecule has 2 fully saturated rings. The lowest BCUT2D eigenvalue weighted by Crippen LogP contribution is -2.31. The van der Waals surface area contributed by atoms with Gasteiger partial charge in [-0.05, 0) is 72.4 Å². The number of hydrogen-bond donors (Lipinski definition) is 0. The number of esters is 1. The summed E-state index contributed by atoms with van der Waals surface area (Å²) in [5, 5.41) is 0. The molecule has 0 bridgehead atoms. The van der Waals surface area contributed by atoms with Crippen molar-refractivity contribution in [2.45, 2.75) is 59.0 Å². The summed E-state index contributed by atoms with van der Waals surface area (Å²) >= 11 is 0. The number of carbonyl (C=O) groups excluding carboxylic acids is 1. The van der Waals surface area contributed by atoms with Gasteiger partial charge in [0.25, 0.3) is 0 Å². The number of ether oxygens (including phenoxy) is 3. The van der Waals surface area contributed by atoms with Gasteiger partial charge in [-0.25, -0.2) is 4.79 Å². The molecule has 1 heterocycles. The van der Waals surface area contributed by atoms with Gasteiger partial charge in [0.05, 0.1) is 6.61 Å². The third-order valence-corrected chi connectivity index (χ3v) is 6.93. The third kappa shape index (κ3) is 6.32. The minimum atomic E-state index is -0.701. The number of benzene rings is 2. The fraction of sp³-hybridized carbons (Fsp3) is 0.552. The van der Waals surface area contributed by atoms with Gasteiger partial charge in [0.15, 0.2) is 6.10 Å². The average Bonchev–Trinajstić information content (AvgIpc) is 3.40. The van der Waals surface area contributed by atoms with E-state index < -0.39 is 6.10 Å². The lowest BCUT2D eigenvalue weighted by atomic mass is 9.87. The highest BCUT2D eigenvalue weighted by Gasteiger charge is 2.44. The smallest absolute Gasteiger partial charge is 0.347 e. The number of fused-ring (bicyclic) bond motifs is 1. The van der Waals surface area contributed by atoms with Crippen LogP contribution >= 0.6 is 0 Å². The molecule has 1 saturated heterocycles. The Morgan fingerprint density at radius 3 is 2.41 bits per heavy atom. The molecule has 1 saturated carbocycles. The zero-order valence-electron chi connectivity index (χ0n) is 21.3. The molecule has 5 heteroatoms. The van der Waals surface area contributed by atoms with Crippen molar-refractivity contribution in [2.75, 3.05) is 32.8 Å². The van der Waals surface area contributed by atoms with E-state index in [1.807, 2.05) is 31.2 Å². The van der Waals surface area contributed by atoms with Crippen LogP contribution in [0.25, 0.3) is 0 Å². The standard InChI is InChI=1S/C29H39NO4/c1-6-32-28(31)27(34-25-10-8-24(9-11-25)29(3,4)5)16-21-7-12-26(20(2)15-21)33-14-13-30-18-22-17-23(22)19-30/h7-12,15,22-23,27H,6,13-14,16-19H2,1-5H3/t22?,23?,27-/m0/s1. The van der Waals surface area contributed by atoms with Crippen LogP contribution in [0.1, 0.15) is 50.8 Å². The van der Waals surface area contributed by atoms with Gasteiger partial charge in [0.2, 0.25) is 0 Å². The molecule has 0 aromatic heterocycles. The second kappa shape index (κ2) is 10.4. The summed E-state index contributed by atoms with van der Waals surface area (Å²) in [6.45, 7) is 14.9. The maximum absolute atomic E-state index is 12.6. The highest BCUT2D eigenvalue weighted by Crippen LogP contribution is 2.44. The van der Waals surface area contributed by atoms with Crippen molar-refractivity contribution in [3.63, 3.8) is 0 Å². The zero-order valence-corrected chi connectivity index (χ0v) is 21.3. The van der Waals surface area contributed by atoms with E-state index in [-0.39, 0.29) is 11.4 Å². The minimum Gasteiger partial charge on any atom is -0.492 e. The summed E-state index contributed by atoms with van der Waals surface area (Å²) in [6.07, 6.45) is 1.17. The van der Waals surface area contributed by atoms with Crippen LogP contribution in [0.2, 0.25) is 0 Å². The molecule has 4 rings (SSSR count). The molecular weight excluding hydrogens is 426 g/mol. The molecule has 0 spiro atoms. The van der Waals surface area contributed by atoms with Gasteiger partial charge in [0.1, 0.15) is 18.1 Å². The summed E-state index contributed by atoms with van der Waals surface area (Å²) in [5.41, 5.74) is 3.38. The molecule has 2 aromatic carbocycles. The van der Waals surface area contributed by atoms with E-state index in [2.05, 4.69) is 50.8 Å². The third-order valence-electron chi connectivity index (χ3n) is 6.93. The summed E-state index contributed by atoms with van der Waals surface area (Å²) < 4.78 is 17.5. The molecule has 34 heavy (non-hydrogen) atoms. The van der Waals surface area contributed by atoms with E-state index in [1.54, 1.807) is 0 Å². The van der Waals surface area contributed by atoms with Crippen molar-refractivity contribution in [3.8, 4) is 11.5 Å². The predicted molar refractivity (Wildman–Crippen MR) is 135 cm³/mol. The quantitative estimate of drug-likeness (QED) is 0.453. The molecule has 0 N–H and O–H groups in total. The first-order valence-electron chi connectivity index (χ1n) is 12.6. The van der Waals surface area contributed by atoms with E-state index in [1.165, 1.54) is 25.1 Å². The van der Waals surface area contributed by atoms with Crippen LogP contribution < -0.4 is 9.47 Å².